The normalized spacial score (nSPS) is 21.6. The molecule has 3 unspecified atom stereocenters. The highest BCUT2D eigenvalue weighted by atomic mass is 35.5. The van der Waals surface area contributed by atoms with Crippen molar-refractivity contribution >= 4 is 46.7 Å². The zero-order valence-corrected chi connectivity index (χ0v) is 24.7. The maximum atomic E-state index is 13.4. The Hall–Kier alpha value is -3.15. The summed E-state index contributed by atoms with van der Waals surface area (Å²) in [6.45, 7) is 2.68. The smallest absolute Gasteiger partial charge is 0.318 e. The van der Waals surface area contributed by atoms with Gasteiger partial charge in [0.05, 0.1) is 55.9 Å². The van der Waals surface area contributed by atoms with Gasteiger partial charge in [0.25, 0.3) is 0 Å². The Bertz CT molecular complexity index is 1170. The molecule has 2 aliphatic carbocycles. The molecule has 13 heteroatoms. The van der Waals surface area contributed by atoms with Crippen molar-refractivity contribution in [1.29, 1.82) is 0 Å². The number of aromatic nitrogens is 2. The lowest BCUT2D eigenvalue weighted by Crippen LogP contribution is -2.50. The number of urea groups is 1. The summed E-state index contributed by atoms with van der Waals surface area (Å²) in [5.74, 6) is 1.19. The lowest BCUT2D eigenvalue weighted by atomic mass is 9.99. The SMILES string of the molecule is CCCC(=O)NC1CCC=CC1=Nc1cc(CN(CCOC)C(=O)NC2C(Cl)=C(OC)C=C(OC)C2Cl)ncn1. The van der Waals surface area contributed by atoms with Crippen LogP contribution in [0.2, 0.25) is 0 Å². The van der Waals surface area contributed by atoms with Crippen LogP contribution < -0.4 is 10.6 Å². The summed E-state index contributed by atoms with van der Waals surface area (Å²) < 4.78 is 15.9. The number of nitrogens with zero attached hydrogens (tertiary/aromatic N) is 4. The number of methoxy groups -OCH3 is 3. The number of halogens is 2. The highest BCUT2D eigenvalue weighted by Crippen LogP contribution is 2.32. The second kappa shape index (κ2) is 15.6. The molecule has 2 aliphatic rings. The lowest BCUT2D eigenvalue weighted by molar-refractivity contribution is -0.121. The van der Waals surface area contributed by atoms with E-state index in [1.807, 2.05) is 19.1 Å². The third-order valence-corrected chi connectivity index (χ3v) is 7.21. The van der Waals surface area contributed by atoms with Crippen LogP contribution in [-0.4, -0.2) is 84.5 Å². The van der Waals surface area contributed by atoms with Crippen molar-refractivity contribution < 1.29 is 23.8 Å². The van der Waals surface area contributed by atoms with Gasteiger partial charge in [-0.15, -0.1) is 11.6 Å². The van der Waals surface area contributed by atoms with Crippen molar-refractivity contribution in [2.24, 2.45) is 4.99 Å². The molecular formula is C27H36Cl2N6O5. The summed E-state index contributed by atoms with van der Waals surface area (Å²) in [6.07, 6.45) is 9.77. The minimum absolute atomic E-state index is 0.00324. The molecule has 2 N–H and O–H groups in total. The Morgan fingerprint density at radius 2 is 2.00 bits per heavy atom. The van der Waals surface area contributed by atoms with Crippen molar-refractivity contribution in [3.63, 3.8) is 0 Å². The molecule has 0 saturated carbocycles. The van der Waals surface area contributed by atoms with Gasteiger partial charge in [0, 0.05) is 32.2 Å². The number of ether oxygens (including phenoxy) is 3. The van der Waals surface area contributed by atoms with Gasteiger partial charge in [-0.1, -0.05) is 24.6 Å². The molecule has 0 spiro atoms. The number of allylic oxidation sites excluding steroid dienone is 2. The number of alkyl halides is 1. The first kappa shape index (κ1) is 31.4. The van der Waals surface area contributed by atoms with E-state index in [2.05, 4.69) is 25.6 Å². The number of nitrogens with one attached hydrogen (secondary N) is 2. The Morgan fingerprint density at radius 3 is 2.70 bits per heavy atom. The van der Waals surface area contributed by atoms with Crippen LogP contribution in [0.1, 0.15) is 38.3 Å². The van der Waals surface area contributed by atoms with Crippen LogP contribution in [0.5, 0.6) is 0 Å². The number of rotatable bonds is 12. The summed E-state index contributed by atoms with van der Waals surface area (Å²) >= 11 is 13.1. The van der Waals surface area contributed by atoms with E-state index in [1.54, 1.807) is 19.3 Å². The molecule has 11 nitrogen and oxygen atoms in total. The van der Waals surface area contributed by atoms with Crippen molar-refractivity contribution in [2.75, 3.05) is 34.5 Å². The molecule has 1 aromatic heterocycles. The second-order valence-electron chi connectivity index (χ2n) is 9.16. The third-order valence-electron chi connectivity index (χ3n) is 6.32. The van der Waals surface area contributed by atoms with Gasteiger partial charge in [0.2, 0.25) is 5.91 Å². The van der Waals surface area contributed by atoms with Gasteiger partial charge < -0.3 is 29.7 Å². The Kier molecular flexibility index (Phi) is 12.2. The molecule has 0 bridgehead atoms. The molecule has 0 saturated heterocycles. The highest BCUT2D eigenvalue weighted by Gasteiger charge is 2.35. The number of carbonyl (C=O) groups is 2. The van der Waals surface area contributed by atoms with Gasteiger partial charge in [0.15, 0.2) is 5.82 Å². The molecule has 0 aromatic carbocycles. The van der Waals surface area contributed by atoms with E-state index < -0.39 is 17.5 Å². The molecule has 0 aliphatic heterocycles. The largest absolute Gasteiger partial charge is 0.499 e. The van der Waals surface area contributed by atoms with Crippen molar-refractivity contribution in [1.82, 2.24) is 25.5 Å². The molecule has 40 heavy (non-hydrogen) atoms. The van der Waals surface area contributed by atoms with Crippen LogP contribution in [-0.2, 0) is 25.5 Å². The van der Waals surface area contributed by atoms with E-state index in [0.29, 0.717) is 36.1 Å². The maximum absolute atomic E-state index is 13.4. The average Bonchev–Trinajstić information content (AvgIpc) is 2.94. The average molecular weight is 596 g/mol. The molecule has 1 heterocycles. The van der Waals surface area contributed by atoms with Crippen molar-refractivity contribution in [3.05, 3.63) is 52.9 Å². The first-order valence-electron chi connectivity index (χ1n) is 13.0. The third kappa shape index (κ3) is 8.42. The highest BCUT2D eigenvalue weighted by molar-refractivity contribution is 6.33. The van der Waals surface area contributed by atoms with E-state index in [1.165, 1.54) is 25.4 Å². The number of hydrogen-bond donors (Lipinski definition) is 2. The van der Waals surface area contributed by atoms with Crippen LogP contribution in [0.25, 0.3) is 0 Å². The van der Waals surface area contributed by atoms with Gasteiger partial charge in [0.1, 0.15) is 23.2 Å². The standard InChI is InChI=1S/C27H36Cl2N6O5/c1-5-8-23(36)33-19-10-7-6-9-18(19)32-22-13-17(30-16-31-22)15-35(11-12-38-2)27(37)34-26-24(28)20(39-3)14-21(40-4)25(26)29/h6,9,13-14,16,19,24,26H,5,7-8,10-12,15H2,1-4H3,(H,33,36)(H,34,37). The molecule has 3 amide bonds. The molecule has 3 rings (SSSR count). The van der Waals surface area contributed by atoms with Crippen LogP contribution in [0.4, 0.5) is 10.6 Å². The van der Waals surface area contributed by atoms with Gasteiger partial charge >= 0.3 is 6.03 Å². The van der Waals surface area contributed by atoms with E-state index in [-0.39, 0.29) is 30.1 Å². The number of carbonyl (C=O) groups excluding carboxylic acids is 2. The van der Waals surface area contributed by atoms with E-state index in [4.69, 9.17) is 37.4 Å². The summed E-state index contributed by atoms with van der Waals surface area (Å²) in [7, 11) is 4.51. The lowest BCUT2D eigenvalue weighted by Gasteiger charge is -2.31. The summed E-state index contributed by atoms with van der Waals surface area (Å²) in [4.78, 5) is 40.4. The van der Waals surface area contributed by atoms with E-state index >= 15 is 0 Å². The van der Waals surface area contributed by atoms with Gasteiger partial charge in [-0.25, -0.2) is 19.8 Å². The summed E-state index contributed by atoms with van der Waals surface area (Å²) in [5.41, 5.74) is 1.28. The minimum atomic E-state index is -0.777. The van der Waals surface area contributed by atoms with Crippen LogP contribution in [0, 0.1) is 0 Å². The summed E-state index contributed by atoms with van der Waals surface area (Å²) in [5, 5.41) is 5.45. The van der Waals surface area contributed by atoms with Crippen LogP contribution in [0.15, 0.2) is 52.2 Å². The molecular weight excluding hydrogens is 559 g/mol. The maximum Gasteiger partial charge on any atom is 0.318 e. The Morgan fingerprint density at radius 1 is 1.20 bits per heavy atom. The predicted octanol–water partition coefficient (Wildman–Crippen LogP) is 3.96. The second-order valence-corrected chi connectivity index (χ2v) is 10.0. The Labute approximate surface area is 244 Å². The molecule has 218 valence electrons. The molecule has 3 atom stereocenters. The molecule has 1 aromatic rings. The van der Waals surface area contributed by atoms with Crippen LogP contribution >= 0.6 is 23.2 Å². The number of aliphatic imine (C=N–C) groups is 1. The topological polar surface area (TPSA) is 127 Å². The van der Waals surface area contributed by atoms with Crippen molar-refractivity contribution in [2.45, 2.75) is 56.6 Å². The number of hydrogen-bond acceptors (Lipinski definition) is 8. The monoisotopic (exact) mass is 594 g/mol. The quantitative estimate of drug-likeness (QED) is 0.350. The number of amides is 3. The van der Waals surface area contributed by atoms with E-state index in [9.17, 15) is 9.59 Å². The predicted molar refractivity (Wildman–Crippen MR) is 154 cm³/mol. The Balaban J connectivity index is 1.78. The fourth-order valence-corrected chi connectivity index (χ4v) is 4.93. The molecule has 0 radical (unpaired) electrons. The van der Waals surface area contributed by atoms with Crippen molar-refractivity contribution in [3.8, 4) is 0 Å². The van der Waals surface area contributed by atoms with Gasteiger partial charge in [-0.05, 0) is 25.3 Å². The van der Waals surface area contributed by atoms with E-state index in [0.717, 1.165) is 25.0 Å². The minimum Gasteiger partial charge on any atom is -0.499 e. The zero-order valence-electron chi connectivity index (χ0n) is 23.2. The fraction of sp³-hybridized carbons (Fsp3) is 0.519. The molecule has 0 fully saturated rings. The zero-order chi connectivity index (χ0) is 29.1. The fourth-order valence-electron chi connectivity index (χ4n) is 4.21. The summed E-state index contributed by atoms with van der Waals surface area (Å²) in [6, 6.07) is 0.312. The van der Waals surface area contributed by atoms with Gasteiger partial charge in [-0.3, -0.25) is 4.79 Å². The first-order valence-corrected chi connectivity index (χ1v) is 13.9. The van der Waals surface area contributed by atoms with Gasteiger partial charge in [-0.2, -0.15) is 0 Å². The first-order chi connectivity index (χ1) is 19.3. The van der Waals surface area contributed by atoms with Crippen LogP contribution in [0.3, 0.4) is 0 Å².